The minimum Gasteiger partial charge on any atom is -0.384 e. The molecule has 2 rings (SSSR count). The summed E-state index contributed by atoms with van der Waals surface area (Å²) in [7, 11) is 0. The smallest absolute Gasteiger partial charge is 0.260 e. The van der Waals surface area contributed by atoms with Crippen LogP contribution in [0.3, 0.4) is 0 Å². The van der Waals surface area contributed by atoms with Gasteiger partial charge in [0.15, 0.2) is 12.4 Å². The van der Waals surface area contributed by atoms with Crippen LogP contribution < -0.4 is 11.1 Å². The van der Waals surface area contributed by atoms with Crippen molar-refractivity contribution in [3.8, 4) is 0 Å². The molecule has 0 fully saturated rings. The lowest BCUT2D eigenvalue weighted by atomic mass is 9.97. The second kappa shape index (κ2) is 9.20. The van der Waals surface area contributed by atoms with Gasteiger partial charge in [-0.3, -0.25) is 4.79 Å². The monoisotopic (exact) mass is 335 g/mol. The van der Waals surface area contributed by atoms with Crippen molar-refractivity contribution in [2.75, 3.05) is 13.2 Å². The van der Waals surface area contributed by atoms with Crippen molar-refractivity contribution in [2.24, 2.45) is 10.9 Å². The van der Waals surface area contributed by atoms with E-state index in [1.165, 1.54) is 18.4 Å². The molecule has 5 nitrogen and oxygen atoms in total. The van der Waals surface area contributed by atoms with Crippen molar-refractivity contribution in [2.45, 2.75) is 32.1 Å². The van der Waals surface area contributed by atoms with Gasteiger partial charge in [0.05, 0.1) is 0 Å². The van der Waals surface area contributed by atoms with E-state index in [0.717, 1.165) is 19.3 Å². The van der Waals surface area contributed by atoms with E-state index >= 15 is 0 Å². The van der Waals surface area contributed by atoms with Gasteiger partial charge in [0.25, 0.3) is 5.91 Å². The molecule has 1 aromatic carbocycles. The van der Waals surface area contributed by atoms with Gasteiger partial charge in [0.1, 0.15) is 0 Å². The number of allylic oxidation sites excluding steroid dienone is 1. The first kappa shape index (κ1) is 17.3. The summed E-state index contributed by atoms with van der Waals surface area (Å²) in [5, 5.41) is 7.12. The molecule has 0 radical (unpaired) electrons. The van der Waals surface area contributed by atoms with Gasteiger partial charge in [-0.1, -0.05) is 40.5 Å². The van der Waals surface area contributed by atoms with Gasteiger partial charge in [-0.05, 0) is 44.2 Å². The van der Waals surface area contributed by atoms with E-state index < -0.39 is 0 Å². The number of oxime groups is 1. The Morgan fingerprint density at radius 1 is 1.39 bits per heavy atom. The minimum absolute atomic E-state index is 0.152. The molecular weight excluding hydrogens is 314 g/mol. The molecule has 0 heterocycles. The Labute approximate surface area is 141 Å². The normalized spacial score (nSPS) is 15.0. The second-order valence-corrected chi connectivity index (χ2v) is 5.90. The molecule has 0 aromatic heterocycles. The molecule has 1 aromatic rings. The lowest BCUT2D eigenvalue weighted by Gasteiger charge is -2.12. The third kappa shape index (κ3) is 6.32. The van der Waals surface area contributed by atoms with Crippen LogP contribution in [0.5, 0.6) is 0 Å². The number of nitrogens with two attached hydrogens (primary N) is 1. The maximum atomic E-state index is 11.7. The summed E-state index contributed by atoms with van der Waals surface area (Å²) in [4.78, 5) is 16.7. The first-order valence-electron chi connectivity index (χ1n) is 7.81. The van der Waals surface area contributed by atoms with E-state index in [2.05, 4.69) is 16.5 Å². The average Bonchev–Trinajstić information content (AvgIpc) is 2.56. The molecule has 6 heteroatoms. The van der Waals surface area contributed by atoms with Crippen LogP contribution in [0.4, 0.5) is 0 Å². The summed E-state index contributed by atoms with van der Waals surface area (Å²) in [6, 6.07) is 6.97. The Balaban J connectivity index is 1.67. The number of amidine groups is 1. The summed E-state index contributed by atoms with van der Waals surface area (Å²) < 4.78 is 0. The molecule has 1 aliphatic carbocycles. The van der Waals surface area contributed by atoms with Gasteiger partial charge in [0, 0.05) is 17.1 Å². The van der Waals surface area contributed by atoms with Crippen LogP contribution in [0.15, 0.2) is 41.1 Å². The van der Waals surface area contributed by atoms with Crippen LogP contribution in [0.1, 0.15) is 37.7 Å². The standard InChI is InChI=1S/C17H22ClN3O2/c18-15-8-4-7-14(11-15)17(19)21-23-12-16(22)20-10-9-13-5-2-1-3-6-13/h4-5,7-8,11H,1-3,6,9-10,12H2,(H2,19,21)(H,20,22). The number of rotatable bonds is 7. The fraction of sp³-hybridized carbons (Fsp3) is 0.412. The highest BCUT2D eigenvalue weighted by Crippen LogP contribution is 2.19. The van der Waals surface area contributed by atoms with Crippen LogP contribution in [-0.4, -0.2) is 24.9 Å². The average molecular weight is 336 g/mol. The molecule has 1 aliphatic rings. The zero-order valence-corrected chi connectivity index (χ0v) is 13.8. The van der Waals surface area contributed by atoms with Crippen LogP contribution in [0, 0.1) is 0 Å². The summed E-state index contributed by atoms with van der Waals surface area (Å²) in [6.45, 7) is 0.474. The van der Waals surface area contributed by atoms with Gasteiger partial charge < -0.3 is 15.9 Å². The van der Waals surface area contributed by atoms with Crippen LogP contribution in [0.2, 0.25) is 5.02 Å². The number of nitrogens with zero attached hydrogens (tertiary/aromatic N) is 1. The maximum absolute atomic E-state index is 11.7. The molecule has 0 atom stereocenters. The van der Waals surface area contributed by atoms with E-state index in [4.69, 9.17) is 22.2 Å². The number of hydrogen-bond acceptors (Lipinski definition) is 3. The molecular formula is C17H22ClN3O2. The molecule has 0 unspecified atom stereocenters. The van der Waals surface area contributed by atoms with Crippen molar-refractivity contribution in [1.29, 1.82) is 0 Å². The van der Waals surface area contributed by atoms with Gasteiger partial charge in [-0.2, -0.15) is 0 Å². The third-order valence-corrected chi connectivity index (χ3v) is 3.87. The fourth-order valence-corrected chi connectivity index (χ4v) is 2.60. The number of halogens is 1. The Bertz CT molecular complexity index is 599. The minimum atomic E-state index is -0.205. The molecule has 23 heavy (non-hydrogen) atoms. The number of nitrogens with one attached hydrogen (secondary N) is 1. The quantitative estimate of drug-likeness (QED) is 0.348. The molecule has 1 amide bonds. The lowest BCUT2D eigenvalue weighted by Crippen LogP contribution is -2.28. The number of benzene rings is 1. The summed E-state index contributed by atoms with van der Waals surface area (Å²) in [6.07, 6.45) is 8.01. The van der Waals surface area contributed by atoms with Crippen molar-refractivity contribution in [1.82, 2.24) is 5.32 Å². The predicted octanol–water partition coefficient (Wildman–Crippen LogP) is 2.98. The summed E-state index contributed by atoms with van der Waals surface area (Å²) in [5.74, 6) is -0.0169. The Morgan fingerprint density at radius 2 is 2.26 bits per heavy atom. The van der Waals surface area contributed by atoms with Crippen LogP contribution in [0.25, 0.3) is 0 Å². The second-order valence-electron chi connectivity index (χ2n) is 5.47. The fourth-order valence-electron chi connectivity index (χ4n) is 2.41. The molecule has 124 valence electrons. The SMILES string of the molecule is N/C(=N\OCC(=O)NCCC1=CCCCC1)c1cccc(Cl)c1. The zero-order chi connectivity index (χ0) is 16.5. The molecule has 0 spiro atoms. The van der Waals surface area contributed by atoms with E-state index in [1.54, 1.807) is 24.3 Å². The third-order valence-electron chi connectivity index (χ3n) is 3.63. The molecule has 3 N–H and O–H groups in total. The molecule has 0 saturated heterocycles. The Kier molecular flexibility index (Phi) is 6.94. The number of carbonyl (C=O) groups is 1. The highest BCUT2D eigenvalue weighted by molar-refractivity contribution is 6.31. The van der Waals surface area contributed by atoms with Crippen molar-refractivity contribution in [3.63, 3.8) is 0 Å². The molecule has 0 aliphatic heterocycles. The zero-order valence-electron chi connectivity index (χ0n) is 13.1. The highest BCUT2D eigenvalue weighted by atomic mass is 35.5. The van der Waals surface area contributed by atoms with E-state index in [0.29, 0.717) is 17.1 Å². The van der Waals surface area contributed by atoms with Crippen LogP contribution in [-0.2, 0) is 9.63 Å². The number of amides is 1. The van der Waals surface area contributed by atoms with Gasteiger partial charge in [-0.15, -0.1) is 0 Å². The van der Waals surface area contributed by atoms with Crippen molar-refractivity contribution < 1.29 is 9.63 Å². The molecule has 0 bridgehead atoms. The Hall–Kier alpha value is -2.01. The summed E-state index contributed by atoms with van der Waals surface area (Å²) >= 11 is 5.87. The van der Waals surface area contributed by atoms with Crippen molar-refractivity contribution >= 4 is 23.3 Å². The van der Waals surface area contributed by atoms with E-state index in [-0.39, 0.29) is 18.3 Å². The number of carbonyl (C=O) groups excluding carboxylic acids is 1. The lowest BCUT2D eigenvalue weighted by molar-refractivity contribution is -0.125. The first-order valence-corrected chi connectivity index (χ1v) is 8.19. The van der Waals surface area contributed by atoms with Gasteiger partial charge in [-0.25, -0.2) is 0 Å². The van der Waals surface area contributed by atoms with E-state index in [9.17, 15) is 4.79 Å². The van der Waals surface area contributed by atoms with Crippen molar-refractivity contribution in [3.05, 3.63) is 46.5 Å². The highest BCUT2D eigenvalue weighted by Gasteiger charge is 2.06. The maximum Gasteiger partial charge on any atom is 0.260 e. The topological polar surface area (TPSA) is 76.7 Å². The largest absolute Gasteiger partial charge is 0.384 e. The first-order chi connectivity index (χ1) is 11.1. The summed E-state index contributed by atoms with van der Waals surface area (Å²) in [5.41, 5.74) is 7.86. The molecule has 0 saturated carbocycles. The van der Waals surface area contributed by atoms with Gasteiger partial charge >= 0.3 is 0 Å². The van der Waals surface area contributed by atoms with Gasteiger partial charge in [0.2, 0.25) is 0 Å². The van der Waals surface area contributed by atoms with Crippen LogP contribution >= 0.6 is 11.6 Å². The number of hydrogen-bond donors (Lipinski definition) is 2. The predicted molar refractivity (Wildman–Crippen MR) is 92.3 cm³/mol. The Morgan fingerprint density at radius 3 is 3.00 bits per heavy atom. The van der Waals surface area contributed by atoms with E-state index in [1.807, 2.05) is 0 Å².